The van der Waals surface area contributed by atoms with Gasteiger partial charge in [-0.15, -0.1) is 0 Å². The van der Waals surface area contributed by atoms with Crippen LogP contribution in [0.4, 0.5) is 0 Å². The number of rotatable bonds is 12. The quantitative estimate of drug-likeness (QED) is 0.276. The average molecular weight is 410 g/mol. The summed E-state index contributed by atoms with van der Waals surface area (Å²) in [6.45, 7) is 5.87. The van der Waals surface area contributed by atoms with E-state index in [1.165, 1.54) is 0 Å². The molecular weight excluding hydrogens is 374 g/mol. The topological polar surface area (TPSA) is 93.6 Å². The van der Waals surface area contributed by atoms with Gasteiger partial charge in [-0.25, -0.2) is 0 Å². The molecular formula is C21H35N3O5. The van der Waals surface area contributed by atoms with Crippen LogP contribution in [-0.2, 0) is 9.47 Å². The van der Waals surface area contributed by atoms with Crippen molar-refractivity contribution >= 4 is 5.96 Å². The number of benzene rings is 1. The van der Waals surface area contributed by atoms with Gasteiger partial charge in [-0.1, -0.05) is 0 Å². The first-order valence-electron chi connectivity index (χ1n) is 10.3. The van der Waals surface area contributed by atoms with Crippen LogP contribution in [0.5, 0.6) is 11.5 Å². The maximum absolute atomic E-state index is 10.6. The monoisotopic (exact) mass is 409 g/mol. The Morgan fingerprint density at radius 1 is 1.31 bits per heavy atom. The van der Waals surface area contributed by atoms with Crippen LogP contribution in [0.15, 0.2) is 23.2 Å². The molecule has 1 aromatic carbocycles. The van der Waals surface area contributed by atoms with Crippen molar-refractivity contribution in [3.8, 4) is 11.5 Å². The number of aliphatic imine (C=N–C) groups is 1. The van der Waals surface area contributed by atoms with E-state index in [1.807, 2.05) is 6.92 Å². The van der Waals surface area contributed by atoms with Crippen molar-refractivity contribution in [1.29, 1.82) is 0 Å². The van der Waals surface area contributed by atoms with Gasteiger partial charge >= 0.3 is 0 Å². The average Bonchev–Trinajstić information content (AvgIpc) is 3.27. The summed E-state index contributed by atoms with van der Waals surface area (Å²) in [5.41, 5.74) is 0.647. The van der Waals surface area contributed by atoms with Gasteiger partial charge in [-0.2, -0.15) is 0 Å². The second-order valence-corrected chi connectivity index (χ2v) is 6.83. The van der Waals surface area contributed by atoms with E-state index in [0.717, 1.165) is 39.0 Å². The molecule has 0 spiro atoms. The summed E-state index contributed by atoms with van der Waals surface area (Å²) in [4.78, 5) is 4.49. The van der Waals surface area contributed by atoms with E-state index in [2.05, 4.69) is 15.6 Å². The summed E-state index contributed by atoms with van der Waals surface area (Å²) in [6.07, 6.45) is 2.55. The van der Waals surface area contributed by atoms with Crippen molar-refractivity contribution in [3.05, 3.63) is 23.8 Å². The molecule has 2 unspecified atom stereocenters. The SMILES string of the molecule is CCNC(=NCC(O)c1cc(OC)ccc1OC)NCCCOCC1CCCO1. The summed E-state index contributed by atoms with van der Waals surface area (Å²) in [6, 6.07) is 5.34. The van der Waals surface area contributed by atoms with Crippen LogP contribution in [0, 0.1) is 0 Å². The Morgan fingerprint density at radius 2 is 2.17 bits per heavy atom. The summed E-state index contributed by atoms with van der Waals surface area (Å²) >= 11 is 0. The zero-order valence-corrected chi connectivity index (χ0v) is 17.8. The molecule has 0 radical (unpaired) electrons. The first-order valence-corrected chi connectivity index (χ1v) is 10.3. The third kappa shape index (κ3) is 8.08. The molecule has 29 heavy (non-hydrogen) atoms. The molecule has 8 nitrogen and oxygen atoms in total. The van der Waals surface area contributed by atoms with Crippen LogP contribution >= 0.6 is 0 Å². The highest BCUT2D eigenvalue weighted by molar-refractivity contribution is 5.79. The van der Waals surface area contributed by atoms with Crippen molar-refractivity contribution in [1.82, 2.24) is 10.6 Å². The predicted molar refractivity (Wildman–Crippen MR) is 113 cm³/mol. The molecule has 2 atom stereocenters. The lowest BCUT2D eigenvalue weighted by molar-refractivity contribution is 0.0168. The van der Waals surface area contributed by atoms with E-state index in [0.29, 0.717) is 36.2 Å². The van der Waals surface area contributed by atoms with Gasteiger partial charge in [-0.05, 0) is 44.4 Å². The zero-order chi connectivity index (χ0) is 20.9. The standard InChI is InChI=1S/C21H35N3O5/c1-4-22-21(23-10-6-11-28-15-17-7-5-12-29-17)24-14-19(25)18-13-16(26-2)8-9-20(18)27-3/h8-9,13,17,19,25H,4-7,10-12,14-15H2,1-3H3,(H2,22,23,24). The second-order valence-electron chi connectivity index (χ2n) is 6.83. The number of nitrogens with zero attached hydrogens (tertiary/aromatic N) is 1. The van der Waals surface area contributed by atoms with Crippen LogP contribution < -0.4 is 20.1 Å². The van der Waals surface area contributed by atoms with Crippen LogP contribution in [-0.4, -0.2) is 70.8 Å². The van der Waals surface area contributed by atoms with Gasteiger partial charge in [0.05, 0.1) is 33.5 Å². The molecule has 8 heteroatoms. The summed E-state index contributed by atoms with van der Waals surface area (Å²) < 4.78 is 21.8. The van der Waals surface area contributed by atoms with Crippen molar-refractivity contribution in [3.63, 3.8) is 0 Å². The van der Waals surface area contributed by atoms with Gasteiger partial charge in [0.2, 0.25) is 0 Å². The highest BCUT2D eigenvalue weighted by atomic mass is 16.5. The second kappa shape index (κ2) is 13.2. The number of guanidine groups is 1. The number of hydrogen-bond donors (Lipinski definition) is 3. The van der Waals surface area contributed by atoms with Crippen LogP contribution in [0.2, 0.25) is 0 Å². The lowest BCUT2D eigenvalue weighted by Gasteiger charge is -2.16. The molecule has 1 aliphatic rings. The number of aliphatic hydroxyl groups excluding tert-OH is 1. The zero-order valence-electron chi connectivity index (χ0n) is 17.8. The minimum Gasteiger partial charge on any atom is -0.497 e. The number of aliphatic hydroxyl groups is 1. The Bertz CT molecular complexity index is 620. The molecule has 1 saturated heterocycles. The lowest BCUT2D eigenvalue weighted by atomic mass is 10.1. The van der Waals surface area contributed by atoms with Crippen LogP contribution in [0.3, 0.4) is 0 Å². The third-order valence-corrected chi connectivity index (χ3v) is 4.65. The smallest absolute Gasteiger partial charge is 0.191 e. The van der Waals surface area contributed by atoms with Gasteiger partial charge in [0.1, 0.15) is 17.6 Å². The fourth-order valence-electron chi connectivity index (χ4n) is 3.09. The molecule has 3 N–H and O–H groups in total. The lowest BCUT2D eigenvalue weighted by Crippen LogP contribution is -2.38. The Morgan fingerprint density at radius 3 is 2.86 bits per heavy atom. The fourth-order valence-corrected chi connectivity index (χ4v) is 3.09. The Hall–Kier alpha value is -2.03. The van der Waals surface area contributed by atoms with Gasteiger partial charge in [0, 0.05) is 31.9 Å². The molecule has 2 rings (SSSR count). The molecule has 0 bridgehead atoms. The number of ether oxygens (including phenoxy) is 4. The number of methoxy groups -OCH3 is 2. The first kappa shape index (κ1) is 23.3. The van der Waals surface area contributed by atoms with E-state index < -0.39 is 6.10 Å². The molecule has 1 fully saturated rings. The highest BCUT2D eigenvalue weighted by Gasteiger charge is 2.16. The number of hydrogen-bond acceptors (Lipinski definition) is 6. The van der Waals surface area contributed by atoms with E-state index in [1.54, 1.807) is 32.4 Å². The highest BCUT2D eigenvalue weighted by Crippen LogP contribution is 2.29. The third-order valence-electron chi connectivity index (χ3n) is 4.65. The number of nitrogens with one attached hydrogen (secondary N) is 2. The molecule has 1 aromatic rings. The Balaban J connectivity index is 1.78. The minimum atomic E-state index is -0.801. The Labute approximate surface area is 173 Å². The molecule has 1 heterocycles. The maximum atomic E-state index is 10.6. The van der Waals surface area contributed by atoms with Gasteiger partial charge < -0.3 is 34.7 Å². The van der Waals surface area contributed by atoms with Gasteiger partial charge in [0.25, 0.3) is 0 Å². The minimum absolute atomic E-state index is 0.203. The fraction of sp³-hybridized carbons (Fsp3) is 0.667. The molecule has 0 aromatic heterocycles. The van der Waals surface area contributed by atoms with Crippen molar-refractivity contribution in [2.45, 2.75) is 38.4 Å². The molecule has 164 valence electrons. The summed E-state index contributed by atoms with van der Waals surface area (Å²) in [7, 11) is 3.17. The molecule has 0 amide bonds. The largest absolute Gasteiger partial charge is 0.497 e. The summed E-state index contributed by atoms with van der Waals surface area (Å²) in [5, 5.41) is 17.0. The van der Waals surface area contributed by atoms with Crippen molar-refractivity contribution in [2.24, 2.45) is 4.99 Å². The first-order chi connectivity index (χ1) is 14.2. The van der Waals surface area contributed by atoms with E-state index >= 15 is 0 Å². The van der Waals surface area contributed by atoms with Gasteiger partial charge in [0.15, 0.2) is 5.96 Å². The normalized spacial score (nSPS) is 17.8. The molecule has 0 aliphatic carbocycles. The van der Waals surface area contributed by atoms with Gasteiger partial charge in [-0.3, -0.25) is 4.99 Å². The van der Waals surface area contributed by atoms with Crippen LogP contribution in [0.25, 0.3) is 0 Å². The van der Waals surface area contributed by atoms with Crippen LogP contribution in [0.1, 0.15) is 37.9 Å². The molecule has 0 saturated carbocycles. The van der Waals surface area contributed by atoms with E-state index in [9.17, 15) is 5.11 Å². The summed E-state index contributed by atoms with van der Waals surface area (Å²) in [5.74, 6) is 1.93. The van der Waals surface area contributed by atoms with Crippen molar-refractivity contribution < 1.29 is 24.1 Å². The van der Waals surface area contributed by atoms with Crippen molar-refractivity contribution in [2.75, 3.05) is 53.7 Å². The predicted octanol–water partition coefficient (Wildman–Crippen LogP) is 1.88. The molecule has 1 aliphatic heterocycles. The van der Waals surface area contributed by atoms with E-state index in [4.69, 9.17) is 18.9 Å². The maximum Gasteiger partial charge on any atom is 0.191 e. The Kier molecular flexibility index (Phi) is 10.6. The van der Waals surface area contributed by atoms with E-state index in [-0.39, 0.29) is 12.6 Å².